The Hall–Kier alpha value is -0.800. The van der Waals surface area contributed by atoms with Crippen molar-refractivity contribution in [2.45, 2.75) is 66.5 Å². The maximum absolute atomic E-state index is 5.83. The summed E-state index contributed by atoms with van der Waals surface area (Å²) in [4.78, 5) is 0. The standard InChI is InChI=1S/C17H31NO2/c1-5-8-9-15(6-2)12-19-13-17-10-16(11-18-7-3)14(4)20-17/h10,15,18H,5-9,11-13H2,1-4H3. The summed E-state index contributed by atoms with van der Waals surface area (Å²) in [6.45, 7) is 11.9. The molecule has 3 heteroatoms. The molecule has 0 radical (unpaired) electrons. The average Bonchev–Trinajstić information content (AvgIpc) is 2.80. The first-order valence-corrected chi connectivity index (χ1v) is 8.07. The van der Waals surface area contributed by atoms with Crippen LogP contribution >= 0.6 is 0 Å². The van der Waals surface area contributed by atoms with Crippen molar-refractivity contribution in [1.29, 1.82) is 0 Å². The summed E-state index contributed by atoms with van der Waals surface area (Å²) >= 11 is 0. The highest BCUT2D eigenvalue weighted by Crippen LogP contribution is 2.17. The summed E-state index contributed by atoms with van der Waals surface area (Å²) in [6, 6.07) is 2.12. The van der Waals surface area contributed by atoms with Crippen LogP contribution in [0.2, 0.25) is 0 Å². The number of hydrogen-bond acceptors (Lipinski definition) is 3. The van der Waals surface area contributed by atoms with Gasteiger partial charge in [0.2, 0.25) is 0 Å². The highest BCUT2D eigenvalue weighted by Gasteiger charge is 2.09. The molecule has 0 aliphatic heterocycles. The fraction of sp³-hybridized carbons (Fsp3) is 0.765. The van der Waals surface area contributed by atoms with E-state index in [1.807, 2.05) is 6.92 Å². The average molecular weight is 281 g/mol. The predicted molar refractivity (Wildman–Crippen MR) is 83.8 cm³/mol. The van der Waals surface area contributed by atoms with E-state index in [0.717, 1.165) is 31.2 Å². The van der Waals surface area contributed by atoms with Gasteiger partial charge in [-0.25, -0.2) is 0 Å². The van der Waals surface area contributed by atoms with E-state index in [4.69, 9.17) is 9.15 Å². The lowest BCUT2D eigenvalue weighted by atomic mass is 10.0. The third kappa shape index (κ3) is 6.10. The Bertz CT molecular complexity index is 360. The van der Waals surface area contributed by atoms with Gasteiger partial charge in [-0.2, -0.15) is 0 Å². The second kappa shape index (κ2) is 10.0. The van der Waals surface area contributed by atoms with Crippen molar-refractivity contribution in [2.24, 2.45) is 5.92 Å². The number of nitrogens with one attached hydrogen (secondary N) is 1. The molecular weight excluding hydrogens is 250 g/mol. The van der Waals surface area contributed by atoms with E-state index < -0.39 is 0 Å². The van der Waals surface area contributed by atoms with Gasteiger partial charge in [0.15, 0.2) is 0 Å². The molecule has 20 heavy (non-hydrogen) atoms. The van der Waals surface area contributed by atoms with Crippen LogP contribution in [0.5, 0.6) is 0 Å². The van der Waals surface area contributed by atoms with Gasteiger partial charge in [-0.05, 0) is 31.9 Å². The second-order valence-electron chi connectivity index (χ2n) is 5.51. The minimum Gasteiger partial charge on any atom is -0.464 e. The highest BCUT2D eigenvalue weighted by molar-refractivity contribution is 5.20. The third-order valence-corrected chi connectivity index (χ3v) is 3.78. The zero-order chi connectivity index (χ0) is 14.8. The Kier molecular flexibility index (Phi) is 8.63. The maximum Gasteiger partial charge on any atom is 0.130 e. The molecule has 0 aliphatic rings. The third-order valence-electron chi connectivity index (χ3n) is 3.78. The number of unbranched alkanes of at least 4 members (excludes halogenated alkanes) is 1. The zero-order valence-electron chi connectivity index (χ0n) is 13.6. The summed E-state index contributed by atoms with van der Waals surface area (Å²) in [5.74, 6) is 2.63. The van der Waals surface area contributed by atoms with Gasteiger partial charge in [-0.1, -0.05) is 40.0 Å². The van der Waals surface area contributed by atoms with E-state index in [0.29, 0.717) is 12.5 Å². The molecule has 0 aromatic carbocycles. The fourth-order valence-corrected chi connectivity index (χ4v) is 2.32. The Morgan fingerprint density at radius 3 is 2.75 bits per heavy atom. The molecule has 0 aliphatic carbocycles. The van der Waals surface area contributed by atoms with Crippen LogP contribution < -0.4 is 5.32 Å². The monoisotopic (exact) mass is 281 g/mol. The summed E-state index contributed by atoms with van der Waals surface area (Å²) in [5, 5.41) is 3.32. The molecule has 1 N–H and O–H groups in total. The number of hydrogen-bond donors (Lipinski definition) is 1. The summed E-state index contributed by atoms with van der Waals surface area (Å²) in [7, 11) is 0. The molecule has 1 unspecified atom stereocenters. The van der Waals surface area contributed by atoms with Gasteiger partial charge in [0.25, 0.3) is 0 Å². The van der Waals surface area contributed by atoms with Crippen molar-refractivity contribution in [2.75, 3.05) is 13.2 Å². The molecule has 1 aromatic rings. The van der Waals surface area contributed by atoms with Crippen LogP contribution in [-0.2, 0) is 17.9 Å². The van der Waals surface area contributed by atoms with Gasteiger partial charge >= 0.3 is 0 Å². The zero-order valence-corrected chi connectivity index (χ0v) is 13.6. The lowest BCUT2D eigenvalue weighted by Gasteiger charge is -2.13. The van der Waals surface area contributed by atoms with E-state index in [1.54, 1.807) is 0 Å². The van der Waals surface area contributed by atoms with Crippen molar-refractivity contribution in [3.05, 3.63) is 23.2 Å². The van der Waals surface area contributed by atoms with Crippen LogP contribution in [0.15, 0.2) is 10.5 Å². The largest absolute Gasteiger partial charge is 0.464 e. The Balaban J connectivity index is 2.33. The van der Waals surface area contributed by atoms with Crippen molar-refractivity contribution in [3.63, 3.8) is 0 Å². The normalized spacial score (nSPS) is 12.8. The first-order chi connectivity index (χ1) is 9.71. The smallest absolute Gasteiger partial charge is 0.130 e. The van der Waals surface area contributed by atoms with Crippen molar-refractivity contribution in [3.8, 4) is 0 Å². The molecular formula is C17H31NO2. The lowest BCUT2D eigenvalue weighted by molar-refractivity contribution is 0.0705. The number of furan rings is 1. The van der Waals surface area contributed by atoms with Gasteiger partial charge in [0.1, 0.15) is 18.1 Å². The van der Waals surface area contributed by atoms with E-state index >= 15 is 0 Å². The van der Waals surface area contributed by atoms with Gasteiger partial charge < -0.3 is 14.5 Å². The molecule has 0 saturated heterocycles. The molecule has 3 nitrogen and oxygen atoms in total. The van der Waals surface area contributed by atoms with E-state index in [1.165, 1.54) is 31.2 Å². The number of rotatable bonds is 11. The first-order valence-electron chi connectivity index (χ1n) is 8.07. The van der Waals surface area contributed by atoms with Crippen molar-refractivity contribution < 1.29 is 9.15 Å². The fourth-order valence-electron chi connectivity index (χ4n) is 2.32. The SMILES string of the molecule is CCCCC(CC)COCc1cc(CNCC)c(C)o1. The minimum atomic E-state index is 0.593. The summed E-state index contributed by atoms with van der Waals surface area (Å²) in [5.41, 5.74) is 1.24. The maximum atomic E-state index is 5.83. The van der Waals surface area contributed by atoms with E-state index in [9.17, 15) is 0 Å². The molecule has 1 aromatic heterocycles. The molecule has 1 rings (SSSR count). The van der Waals surface area contributed by atoms with Crippen LogP contribution in [-0.4, -0.2) is 13.2 Å². The van der Waals surface area contributed by atoms with Crippen LogP contribution in [0.4, 0.5) is 0 Å². The van der Waals surface area contributed by atoms with Gasteiger partial charge in [-0.3, -0.25) is 0 Å². The Morgan fingerprint density at radius 2 is 2.10 bits per heavy atom. The molecule has 0 saturated carbocycles. The molecule has 116 valence electrons. The van der Waals surface area contributed by atoms with Crippen LogP contribution in [0, 0.1) is 12.8 Å². The van der Waals surface area contributed by atoms with Crippen LogP contribution in [0.3, 0.4) is 0 Å². The minimum absolute atomic E-state index is 0.593. The molecule has 0 fully saturated rings. The first kappa shape index (κ1) is 17.3. The summed E-state index contributed by atoms with van der Waals surface area (Å²) in [6.07, 6.45) is 5.04. The van der Waals surface area contributed by atoms with Gasteiger partial charge in [0.05, 0.1) is 0 Å². The number of aryl methyl sites for hydroxylation is 1. The topological polar surface area (TPSA) is 34.4 Å². The number of ether oxygens (including phenoxy) is 1. The van der Waals surface area contributed by atoms with Crippen LogP contribution in [0.1, 0.15) is 63.5 Å². The summed E-state index contributed by atoms with van der Waals surface area (Å²) < 4.78 is 11.6. The molecule has 0 amide bonds. The molecule has 0 spiro atoms. The lowest BCUT2D eigenvalue weighted by Crippen LogP contribution is -2.11. The quantitative estimate of drug-likeness (QED) is 0.651. The molecule has 1 atom stereocenters. The Labute approximate surface area is 124 Å². The Morgan fingerprint density at radius 1 is 1.30 bits per heavy atom. The molecule has 0 bridgehead atoms. The highest BCUT2D eigenvalue weighted by atomic mass is 16.5. The van der Waals surface area contributed by atoms with E-state index in [-0.39, 0.29) is 0 Å². The van der Waals surface area contributed by atoms with Gasteiger partial charge in [-0.15, -0.1) is 0 Å². The predicted octanol–water partition coefficient (Wildman–Crippen LogP) is 4.43. The van der Waals surface area contributed by atoms with Crippen molar-refractivity contribution >= 4 is 0 Å². The van der Waals surface area contributed by atoms with E-state index in [2.05, 4.69) is 32.2 Å². The van der Waals surface area contributed by atoms with Crippen molar-refractivity contribution in [1.82, 2.24) is 5.32 Å². The molecule has 1 heterocycles. The van der Waals surface area contributed by atoms with Crippen LogP contribution in [0.25, 0.3) is 0 Å². The van der Waals surface area contributed by atoms with Gasteiger partial charge in [0, 0.05) is 18.7 Å². The second-order valence-corrected chi connectivity index (χ2v) is 5.51.